The molecule has 0 radical (unpaired) electrons. The summed E-state index contributed by atoms with van der Waals surface area (Å²) < 4.78 is 5.55. The largest absolute Gasteiger partial charge is 0.465 e. The summed E-state index contributed by atoms with van der Waals surface area (Å²) in [7, 11) is 0. The molecule has 2 rings (SSSR count). The van der Waals surface area contributed by atoms with Crippen molar-refractivity contribution in [1.82, 2.24) is 5.32 Å². The molecule has 3 N–H and O–H groups in total. The van der Waals surface area contributed by atoms with E-state index in [1.807, 2.05) is 19.1 Å². The minimum atomic E-state index is 0.573. The molecular formula is C13H22N2O. The second-order valence-electron chi connectivity index (χ2n) is 4.78. The van der Waals surface area contributed by atoms with Gasteiger partial charge in [-0.05, 0) is 44.4 Å². The molecule has 0 spiro atoms. The Balaban J connectivity index is 1.84. The monoisotopic (exact) mass is 222 g/mol. The smallest absolute Gasteiger partial charge is 0.117 e. The van der Waals surface area contributed by atoms with Crippen LogP contribution in [0.25, 0.3) is 0 Å². The van der Waals surface area contributed by atoms with Gasteiger partial charge in [0.05, 0.1) is 6.54 Å². The highest BCUT2D eigenvalue weighted by Crippen LogP contribution is 2.23. The van der Waals surface area contributed by atoms with E-state index in [9.17, 15) is 0 Å². The summed E-state index contributed by atoms with van der Waals surface area (Å²) in [4.78, 5) is 0. The van der Waals surface area contributed by atoms with Crippen molar-refractivity contribution in [2.24, 2.45) is 11.7 Å². The molecule has 2 unspecified atom stereocenters. The topological polar surface area (TPSA) is 51.2 Å². The Bertz CT molecular complexity index is 321. The van der Waals surface area contributed by atoms with Crippen LogP contribution in [0.2, 0.25) is 0 Å². The van der Waals surface area contributed by atoms with E-state index in [2.05, 4.69) is 5.32 Å². The maximum atomic E-state index is 5.80. The van der Waals surface area contributed by atoms with E-state index in [1.165, 1.54) is 25.7 Å². The normalized spacial score (nSPS) is 25.9. The molecule has 1 fully saturated rings. The number of rotatable bonds is 4. The van der Waals surface area contributed by atoms with Crippen molar-refractivity contribution in [1.29, 1.82) is 0 Å². The molecule has 1 aromatic heterocycles. The van der Waals surface area contributed by atoms with E-state index in [0.29, 0.717) is 12.0 Å². The van der Waals surface area contributed by atoms with Crippen LogP contribution in [0.4, 0.5) is 0 Å². The Morgan fingerprint density at radius 1 is 1.38 bits per heavy atom. The highest BCUT2D eigenvalue weighted by molar-refractivity contribution is 5.05. The van der Waals surface area contributed by atoms with Gasteiger partial charge in [-0.1, -0.05) is 12.8 Å². The van der Waals surface area contributed by atoms with E-state index in [1.54, 1.807) is 0 Å². The molecule has 1 aliphatic carbocycles. The Kier molecular flexibility index (Phi) is 4.02. The van der Waals surface area contributed by atoms with Crippen molar-refractivity contribution in [2.45, 2.75) is 45.2 Å². The van der Waals surface area contributed by atoms with Crippen LogP contribution < -0.4 is 11.1 Å². The molecule has 1 aliphatic rings. The molecule has 90 valence electrons. The Labute approximate surface area is 97.4 Å². The summed E-state index contributed by atoms with van der Waals surface area (Å²) in [5.41, 5.74) is 5.80. The molecule has 0 aromatic carbocycles. The Hall–Kier alpha value is -0.800. The van der Waals surface area contributed by atoms with Gasteiger partial charge in [-0.2, -0.15) is 0 Å². The maximum Gasteiger partial charge on any atom is 0.117 e. The summed E-state index contributed by atoms with van der Waals surface area (Å²) in [5.74, 6) is 2.65. The minimum Gasteiger partial charge on any atom is -0.465 e. The first-order valence-electron chi connectivity index (χ1n) is 6.28. The van der Waals surface area contributed by atoms with E-state index in [0.717, 1.165) is 24.6 Å². The van der Waals surface area contributed by atoms with Crippen molar-refractivity contribution < 1.29 is 4.42 Å². The second kappa shape index (κ2) is 5.51. The van der Waals surface area contributed by atoms with Crippen LogP contribution in [-0.4, -0.2) is 12.6 Å². The number of nitrogens with two attached hydrogens (primary N) is 1. The molecular weight excluding hydrogens is 200 g/mol. The third-order valence-electron chi connectivity index (χ3n) is 3.55. The number of furan rings is 1. The van der Waals surface area contributed by atoms with Gasteiger partial charge >= 0.3 is 0 Å². The molecule has 0 amide bonds. The highest BCUT2D eigenvalue weighted by Gasteiger charge is 2.23. The maximum absolute atomic E-state index is 5.80. The lowest BCUT2D eigenvalue weighted by Gasteiger charge is -2.31. The minimum absolute atomic E-state index is 0.573. The zero-order valence-electron chi connectivity index (χ0n) is 10.0. The summed E-state index contributed by atoms with van der Waals surface area (Å²) in [6, 6.07) is 4.63. The molecule has 0 bridgehead atoms. The zero-order chi connectivity index (χ0) is 11.4. The molecule has 2 atom stereocenters. The standard InChI is InChI=1S/C13H22N2O/c1-10-6-7-12(16-10)9-15-13-5-3-2-4-11(13)8-14/h6-7,11,13,15H,2-5,8-9,14H2,1H3. The third-order valence-corrected chi connectivity index (χ3v) is 3.55. The van der Waals surface area contributed by atoms with Crippen LogP contribution >= 0.6 is 0 Å². The van der Waals surface area contributed by atoms with Gasteiger partial charge in [0.25, 0.3) is 0 Å². The van der Waals surface area contributed by atoms with Gasteiger partial charge in [0, 0.05) is 6.04 Å². The highest BCUT2D eigenvalue weighted by atomic mass is 16.3. The van der Waals surface area contributed by atoms with Crippen LogP contribution in [0.15, 0.2) is 16.5 Å². The fourth-order valence-electron chi connectivity index (χ4n) is 2.57. The summed E-state index contributed by atoms with van der Waals surface area (Å²) in [6.45, 7) is 3.61. The average molecular weight is 222 g/mol. The van der Waals surface area contributed by atoms with E-state index >= 15 is 0 Å². The van der Waals surface area contributed by atoms with Gasteiger partial charge < -0.3 is 15.5 Å². The van der Waals surface area contributed by atoms with Gasteiger partial charge in [0.2, 0.25) is 0 Å². The lowest BCUT2D eigenvalue weighted by atomic mass is 9.84. The third kappa shape index (κ3) is 2.86. The molecule has 16 heavy (non-hydrogen) atoms. The lowest BCUT2D eigenvalue weighted by Crippen LogP contribution is -2.41. The number of hydrogen-bond donors (Lipinski definition) is 2. The van der Waals surface area contributed by atoms with Crippen molar-refractivity contribution >= 4 is 0 Å². The molecule has 0 saturated heterocycles. The van der Waals surface area contributed by atoms with E-state index in [4.69, 9.17) is 10.2 Å². The fourth-order valence-corrected chi connectivity index (χ4v) is 2.57. The van der Waals surface area contributed by atoms with Crippen LogP contribution in [0.5, 0.6) is 0 Å². The van der Waals surface area contributed by atoms with Gasteiger partial charge in [0.1, 0.15) is 11.5 Å². The van der Waals surface area contributed by atoms with Gasteiger partial charge in [-0.3, -0.25) is 0 Å². The van der Waals surface area contributed by atoms with Crippen LogP contribution in [-0.2, 0) is 6.54 Å². The molecule has 1 aromatic rings. The van der Waals surface area contributed by atoms with Gasteiger partial charge in [-0.25, -0.2) is 0 Å². The SMILES string of the molecule is Cc1ccc(CNC2CCCCC2CN)o1. The number of hydrogen-bond acceptors (Lipinski definition) is 3. The van der Waals surface area contributed by atoms with Crippen LogP contribution in [0.1, 0.15) is 37.2 Å². The molecule has 0 aliphatic heterocycles. The van der Waals surface area contributed by atoms with Crippen molar-refractivity contribution in [3.63, 3.8) is 0 Å². The quantitative estimate of drug-likeness (QED) is 0.821. The predicted molar refractivity (Wildman–Crippen MR) is 65.1 cm³/mol. The van der Waals surface area contributed by atoms with Gasteiger partial charge in [-0.15, -0.1) is 0 Å². The van der Waals surface area contributed by atoms with Crippen LogP contribution in [0.3, 0.4) is 0 Å². The van der Waals surface area contributed by atoms with Gasteiger partial charge in [0.15, 0.2) is 0 Å². The number of nitrogens with one attached hydrogen (secondary N) is 1. The first-order chi connectivity index (χ1) is 7.79. The first kappa shape index (κ1) is 11.7. The number of aryl methyl sites for hydroxylation is 1. The predicted octanol–water partition coefficient (Wildman–Crippen LogP) is 2.20. The van der Waals surface area contributed by atoms with E-state index < -0.39 is 0 Å². The average Bonchev–Trinajstić information content (AvgIpc) is 2.73. The molecule has 3 nitrogen and oxygen atoms in total. The van der Waals surface area contributed by atoms with Crippen molar-refractivity contribution in [3.05, 3.63) is 23.7 Å². The summed E-state index contributed by atoms with van der Waals surface area (Å²) in [5, 5.41) is 3.58. The first-order valence-corrected chi connectivity index (χ1v) is 6.28. The second-order valence-corrected chi connectivity index (χ2v) is 4.78. The van der Waals surface area contributed by atoms with Crippen molar-refractivity contribution in [3.8, 4) is 0 Å². The summed E-state index contributed by atoms with van der Waals surface area (Å²) >= 11 is 0. The Morgan fingerprint density at radius 3 is 2.88 bits per heavy atom. The lowest BCUT2D eigenvalue weighted by molar-refractivity contribution is 0.260. The zero-order valence-corrected chi connectivity index (χ0v) is 10.0. The van der Waals surface area contributed by atoms with Crippen LogP contribution in [0, 0.1) is 12.8 Å². The van der Waals surface area contributed by atoms with E-state index in [-0.39, 0.29) is 0 Å². The Morgan fingerprint density at radius 2 is 2.19 bits per heavy atom. The molecule has 1 heterocycles. The van der Waals surface area contributed by atoms with Crippen molar-refractivity contribution in [2.75, 3.05) is 6.54 Å². The fraction of sp³-hybridized carbons (Fsp3) is 0.692. The summed E-state index contributed by atoms with van der Waals surface area (Å²) in [6.07, 6.45) is 5.18. The molecule has 1 saturated carbocycles. The molecule has 3 heteroatoms.